The minimum atomic E-state index is -0.733. The normalized spacial score (nSPS) is 10.6. The third kappa shape index (κ3) is 5.39. The largest absolute Gasteiger partial charge is 0.457 e. The molecule has 0 aliphatic carbocycles. The van der Waals surface area contributed by atoms with Gasteiger partial charge in [-0.2, -0.15) is 5.10 Å². The van der Waals surface area contributed by atoms with Crippen molar-refractivity contribution in [3.05, 3.63) is 81.0 Å². The average molecular weight is 380 g/mol. The molecule has 0 saturated heterocycles. The molecule has 3 rings (SSSR count). The zero-order valence-corrected chi connectivity index (χ0v) is 14.5. The number of rotatable bonds is 7. The highest BCUT2D eigenvalue weighted by atomic mass is 16.5. The maximum Gasteiger partial charge on any atom is 0.342 e. The quantitative estimate of drug-likeness (QED) is 0.353. The molecular weight excluding hydrogens is 364 g/mol. The fourth-order valence-electron chi connectivity index (χ4n) is 2.13. The van der Waals surface area contributed by atoms with Crippen LogP contribution in [0.5, 0.6) is 11.5 Å². The van der Waals surface area contributed by atoms with Gasteiger partial charge in [-0.15, -0.1) is 5.10 Å². The van der Waals surface area contributed by atoms with Crippen molar-refractivity contribution in [3.63, 3.8) is 0 Å². The number of hydrogen-bond donors (Lipinski definition) is 4. The van der Waals surface area contributed by atoms with Crippen LogP contribution in [0.3, 0.4) is 0 Å². The van der Waals surface area contributed by atoms with E-state index in [0.717, 1.165) is 5.56 Å². The van der Waals surface area contributed by atoms with Gasteiger partial charge in [0.1, 0.15) is 11.5 Å². The maximum absolute atomic E-state index is 11.8. The van der Waals surface area contributed by atoms with E-state index in [1.165, 1.54) is 6.21 Å². The summed E-state index contributed by atoms with van der Waals surface area (Å²) in [6.45, 7) is -0.253. The van der Waals surface area contributed by atoms with Crippen LogP contribution < -0.4 is 26.7 Å². The molecule has 0 fully saturated rings. The lowest BCUT2D eigenvalue weighted by Crippen LogP contribution is -2.31. The number of H-pyrrole nitrogens is 2. The predicted molar refractivity (Wildman–Crippen MR) is 103 cm³/mol. The number of hydrazone groups is 1. The fourth-order valence-corrected chi connectivity index (χ4v) is 2.13. The van der Waals surface area contributed by atoms with Gasteiger partial charge < -0.3 is 10.1 Å². The van der Waals surface area contributed by atoms with Crippen LogP contribution in [0.1, 0.15) is 5.56 Å². The molecule has 3 aromatic rings. The summed E-state index contributed by atoms with van der Waals surface area (Å²) in [5.41, 5.74) is 1.58. The number of carbonyl (C=O) groups is 1. The van der Waals surface area contributed by atoms with Gasteiger partial charge in [-0.1, -0.05) is 30.3 Å². The third-order valence-electron chi connectivity index (χ3n) is 3.37. The summed E-state index contributed by atoms with van der Waals surface area (Å²) in [5, 5.41) is 11.9. The number of hydrogen-bond acceptors (Lipinski definition) is 7. The highest BCUT2D eigenvalue weighted by Crippen LogP contribution is 2.21. The number of nitrogens with zero attached hydrogens (tertiary/aromatic N) is 2. The summed E-state index contributed by atoms with van der Waals surface area (Å²) in [4.78, 5) is 36.1. The van der Waals surface area contributed by atoms with E-state index in [1.54, 1.807) is 18.2 Å². The van der Waals surface area contributed by atoms with Crippen LogP contribution >= 0.6 is 0 Å². The second kappa shape index (κ2) is 8.94. The van der Waals surface area contributed by atoms with Crippen molar-refractivity contribution in [2.75, 3.05) is 11.9 Å². The van der Waals surface area contributed by atoms with Crippen molar-refractivity contribution in [2.45, 2.75) is 0 Å². The predicted octanol–water partition coefficient (Wildman–Crippen LogP) is 0.813. The first-order valence-corrected chi connectivity index (χ1v) is 8.18. The molecule has 0 unspecified atom stereocenters. The maximum atomic E-state index is 11.8. The van der Waals surface area contributed by atoms with Gasteiger partial charge in [-0.3, -0.25) is 14.6 Å². The Bertz CT molecular complexity index is 1090. The summed E-state index contributed by atoms with van der Waals surface area (Å²) in [7, 11) is 0. The molecule has 0 radical (unpaired) electrons. The first-order valence-electron chi connectivity index (χ1n) is 8.18. The minimum absolute atomic E-state index is 0.176. The Morgan fingerprint density at radius 3 is 2.68 bits per heavy atom. The lowest BCUT2D eigenvalue weighted by molar-refractivity contribution is -0.119. The second-order valence-electron chi connectivity index (χ2n) is 5.49. The summed E-state index contributed by atoms with van der Waals surface area (Å²) < 4.78 is 5.73. The lowest BCUT2D eigenvalue weighted by atomic mass is 10.2. The van der Waals surface area contributed by atoms with E-state index >= 15 is 0 Å². The van der Waals surface area contributed by atoms with Gasteiger partial charge in [-0.05, 0) is 29.8 Å². The van der Waals surface area contributed by atoms with Gasteiger partial charge >= 0.3 is 5.69 Å². The lowest BCUT2D eigenvalue weighted by Gasteiger charge is -2.06. The number of aromatic nitrogens is 3. The van der Waals surface area contributed by atoms with Gasteiger partial charge in [0.15, 0.2) is 0 Å². The number of para-hydroxylation sites is 1. The van der Waals surface area contributed by atoms with Crippen LogP contribution in [0, 0.1) is 0 Å². The van der Waals surface area contributed by atoms with Crippen molar-refractivity contribution in [3.8, 4) is 11.5 Å². The van der Waals surface area contributed by atoms with Crippen molar-refractivity contribution in [2.24, 2.45) is 5.10 Å². The molecule has 0 bridgehead atoms. The first kappa shape index (κ1) is 18.6. The highest BCUT2D eigenvalue weighted by molar-refractivity contribution is 5.84. The number of carbonyl (C=O) groups excluding carboxylic acids is 1. The summed E-state index contributed by atoms with van der Waals surface area (Å²) in [5.74, 6) is 0.665. The van der Waals surface area contributed by atoms with Gasteiger partial charge in [0.2, 0.25) is 5.82 Å². The van der Waals surface area contributed by atoms with Crippen molar-refractivity contribution in [1.29, 1.82) is 0 Å². The molecule has 10 nitrogen and oxygen atoms in total. The molecule has 1 heterocycles. The molecule has 0 spiro atoms. The van der Waals surface area contributed by atoms with Gasteiger partial charge in [0.05, 0.1) is 12.8 Å². The molecule has 4 N–H and O–H groups in total. The molecule has 28 heavy (non-hydrogen) atoms. The van der Waals surface area contributed by atoms with E-state index in [9.17, 15) is 14.4 Å². The third-order valence-corrected chi connectivity index (χ3v) is 3.37. The van der Waals surface area contributed by atoms with Gasteiger partial charge in [-0.25, -0.2) is 15.3 Å². The van der Waals surface area contributed by atoms with Crippen LogP contribution in [0.25, 0.3) is 0 Å². The summed E-state index contributed by atoms with van der Waals surface area (Å²) in [6.07, 6.45) is 1.46. The van der Waals surface area contributed by atoms with Gasteiger partial charge in [0.25, 0.3) is 11.5 Å². The number of nitrogens with one attached hydrogen (secondary N) is 4. The van der Waals surface area contributed by atoms with Gasteiger partial charge in [0, 0.05) is 0 Å². The van der Waals surface area contributed by atoms with Crippen LogP contribution in [-0.4, -0.2) is 33.8 Å². The van der Waals surface area contributed by atoms with E-state index in [1.807, 2.05) is 41.4 Å². The average Bonchev–Trinajstić information content (AvgIpc) is 2.68. The van der Waals surface area contributed by atoms with Crippen LogP contribution in [0.4, 0.5) is 5.82 Å². The summed E-state index contributed by atoms with van der Waals surface area (Å²) >= 11 is 0. The van der Waals surface area contributed by atoms with Crippen molar-refractivity contribution in [1.82, 2.24) is 20.6 Å². The molecule has 0 aliphatic rings. The van der Waals surface area contributed by atoms with E-state index in [0.29, 0.717) is 11.5 Å². The standard InChI is InChI=1S/C18H16N6O4/c25-15(11-19-16-17(26)21-18(27)24-23-16)22-20-10-12-5-4-8-14(9-12)28-13-6-2-1-3-7-13/h1-10H,11H2,(H,19,23)(H,22,25)(H2,21,24,26,27). The number of ether oxygens (including phenoxy) is 1. The van der Waals surface area contributed by atoms with E-state index in [2.05, 4.69) is 26.0 Å². The molecule has 0 atom stereocenters. The fraction of sp³-hybridized carbons (Fsp3) is 0.0556. The van der Waals surface area contributed by atoms with Crippen LogP contribution in [0.15, 0.2) is 69.3 Å². The Hall–Kier alpha value is -4.21. The topological polar surface area (TPSA) is 141 Å². The number of anilines is 1. The Morgan fingerprint density at radius 2 is 1.89 bits per heavy atom. The second-order valence-corrected chi connectivity index (χ2v) is 5.49. The SMILES string of the molecule is O=C(CNc1n[nH]c(=O)[nH]c1=O)NN=Cc1cccc(Oc2ccccc2)c1. The molecule has 1 aromatic heterocycles. The molecule has 0 saturated carbocycles. The Labute approximate surface area is 158 Å². The van der Waals surface area contributed by atoms with Crippen LogP contribution in [0.2, 0.25) is 0 Å². The first-order chi connectivity index (χ1) is 13.6. The zero-order chi connectivity index (χ0) is 19.8. The number of aromatic amines is 2. The number of amides is 1. The smallest absolute Gasteiger partial charge is 0.342 e. The van der Waals surface area contributed by atoms with Crippen molar-refractivity contribution < 1.29 is 9.53 Å². The molecule has 142 valence electrons. The monoisotopic (exact) mass is 380 g/mol. The Kier molecular flexibility index (Phi) is 5.93. The molecular formula is C18H16N6O4. The van der Waals surface area contributed by atoms with Crippen molar-refractivity contribution >= 4 is 17.9 Å². The molecule has 2 aromatic carbocycles. The van der Waals surface area contributed by atoms with Crippen LogP contribution in [-0.2, 0) is 4.79 Å². The molecule has 10 heteroatoms. The van der Waals surface area contributed by atoms with E-state index in [4.69, 9.17) is 4.74 Å². The Morgan fingerprint density at radius 1 is 1.11 bits per heavy atom. The Balaban J connectivity index is 1.52. The number of benzene rings is 2. The van der Waals surface area contributed by atoms with E-state index < -0.39 is 17.2 Å². The molecule has 0 aliphatic heterocycles. The molecule has 1 amide bonds. The van der Waals surface area contributed by atoms with E-state index in [-0.39, 0.29) is 12.4 Å². The summed E-state index contributed by atoms with van der Waals surface area (Å²) in [6, 6.07) is 16.5. The zero-order valence-electron chi connectivity index (χ0n) is 14.5. The highest BCUT2D eigenvalue weighted by Gasteiger charge is 2.04. The minimum Gasteiger partial charge on any atom is -0.457 e.